The molecule has 0 aliphatic heterocycles. The van der Waals surface area contributed by atoms with E-state index >= 15 is 0 Å². The van der Waals surface area contributed by atoms with E-state index < -0.39 is 23.1 Å². The van der Waals surface area contributed by atoms with E-state index in [4.69, 9.17) is 23.1 Å². The van der Waals surface area contributed by atoms with E-state index in [9.17, 15) is 13.6 Å². The van der Waals surface area contributed by atoms with Gasteiger partial charge in [-0.15, -0.1) is 12.4 Å². The van der Waals surface area contributed by atoms with Crippen LogP contribution in [0.1, 0.15) is 53.2 Å². The molecule has 1 amide bonds. The molecular formula is C16H19Cl2F2N3O. The summed E-state index contributed by atoms with van der Waals surface area (Å²) in [6.07, 6.45) is 2.97. The highest BCUT2D eigenvalue weighted by atomic mass is 35.5. The number of fused-ring (bicyclic) bond motifs is 1. The molecule has 4 nitrogen and oxygen atoms in total. The fraction of sp³-hybridized carbons (Fsp3) is 0.438. The summed E-state index contributed by atoms with van der Waals surface area (Å²) < 4.78 is 29.2. The van der Waals surface area contributed by atoms with Crippen molar-refractivity contribution in [3.63, 3.8) is 0 Å². The molecule has 1 aliphatic rings. The number of carbonyl (C=O) groups excluding carboxylic acids is 1. The molecule has 132 valence electrons. The highest BCUT2D eigenvalue weighted by Gasteiger charge is 2.32. The minimum Gasteiger partial charge on any atom is -0.365 e. The predicted molar refractivity (Wildman–Crippen MR) is 92.9 cm³/mol. The molecule has 5 N–H and O–H groups in total. The zero-order chi connectivity index (χ0) is 16.9. The molecule has 0 radical (unpaired) electrons. The van der Waals surface area contributed by atoms with Gasteiger partial charge in [-0.25, -0.2) is 8.78 Å². The second-order valence-electron chi connectivity index (χ2n) is 6.22. The highest BCUT2D eigenvalue weighted by molar-refractivity contribution is 6.37. The zero-order valence-corrected chi connectivity index (χ0v) is 14.7. The van der Waals surface area contributed by atoms with Crippen LogP contribution in [0.4, 0.5) is 8.78 Å². The lowest BCUT2D eigenvalue weighted by molar-refractivity contribution is 0.0997. The SMILES string of the molecule is Cc1[nH]c2c(C(N)=O)c(F)c(F)c(C3CCCC(N)C3)c2c1Cl.Cl. The second-order valence-corrected chi connectivity index (χ2v) is 6.60. The maximum atomic E-state index is 14.8. The third-order valence-corrected chi connectivity index (χ3v) is 5.12. The molecular weight excluding hydrogens is 359 g/mol. The Kier molecular flexibility index (Phi) is 5.42. The molecule has 2 unspecified atom stereocenters. The summed E-state index contributed by atoms with van der Waals surface area (Å²) in [6.45, 7) is 1.68. The molecule has 0 saturated heterocycles. The number of rotatable bonds is 2. The van der Waals surface area contributed by atoms with Crippen molar-refractivity contribution in [3.8, 4) is 0 Å². The summed E-state index contributed by atoms with van der Waals surface area (Å²) >= 11 is 6.30. The average Bonchev–Trinajstić information content (AvgIpc) is 2.76. The molecule has 8 heteroatoms. The molecule has 0 spiro atoms. The van der Waals surface area contributed by atoms with E-state index in [0.717, 1.165) is 12.8 Å². The van der Waals surface area contributed by atoms with Crippen LogP contribution in [0.5, 0.6) is 0 Å². The van der Waals surface area contributed by atoms with Crippen LogP contribution in [0.3, 0.4) is 0 Å². The molecule has 1 aromatic heterocycles. The Morgan fingerprint density at radius 2 is 1.96 bits per heavy atom. The Balaban J connectivity index is 0.00000208. The number of hydrogen-bond acceptors (Lipinski definition) is 2. The van der Waals surface area contributed by atoms with Crippen molar-refractivity contribution in [2.24, 2.45) is 11.5 Å². The van der Waals surface area contributed by atoms with Crippen LogP contribution >= 0.6 is 24.0 Å². The molecule has 24 heavy (non-hydrogen) atoms. The van der Waals surface area contributed by atoms with Crippen LogP contribution in [-0.2, 0) is 0 Å². The number of H-pyrrole nitrogens is 1. The van der Waals surface area contributed by atoms with Crippen molar-refractivity contribution < 1.29 is 13.6 Å². The topological polar surface area (TPSA) is 84.9 Å². The van der Waals surface area contributed by atoms with Crippen LogP contribution < -0.4 is 11.5 Å². The van der Waals surface area contributed by atoms with E-state index in [2.05, 4.69) is 4.98 Å². The van der Waals surface area contributed by atoms with Gasteiger partial charge in [0.2, 0.25) is 0 Å². The number of hydrogen-bond donors (Lipinski definition) is 3. The molecule has 3 rings (SSSR count). The lowest BCUT2D eigenvalue weighted by Gasteiger charge is -2.28. The lowest BCUT2D eigenvalue weighted by atomic mass is 9.80. The molecule has 2 aromatic rings. The molecule has 0 bridgehead atoms. The first-order chi connectivity index (χ1) is 10.8. The quantitative estimate of drug-likeness (QED) is 0.740. The maximum absolute atomic E-state index is 14.8. The number of nitrogens with two attached hydrogens (primary N) is 2. The van der Waals surface area contributed by atoms with Crippen LogP contribution in [-0.4, -0.2) is 16.9 Å². The van der Waals surface area contributed by atoms with Crippen molar-refractivity contribution in [1.29, 1.82) is 0 Å². The highest BCUT2D eigenvalue weighted by Crippen LogP contribution is 2.43. The van der Waals surface area contributed by atoms with E-state index in [0.29, 0.717) is 23.9 Å². The van der Waals surface area contributed by atoms with Crippen molar-refractivity contribution >= 4 is 40.8 Å². The molecule has 1 fully saturated rings. The molecule has 1 heterocycles. The monoisotopic (exact) mass is 377 g/mol. The minimum atomic E-state index is -1.22. The predicted octanol–water partition coefficient (Wildman–Crippen LogP) is 3.91. The lowest BCUT2D eigenvalue weighted by Crippen LogP contribution is -2.27. The van der Waals surface area contributed by atoms with Crippen molar-refractivity contribution in [2.75, 3.05) is 0 Å². The maximum Gasteiger partial charge on any atom is 0.253 e. The molecule has 2 atom stereocenters. The Labute approximate surface area is 149 Å². The number of amides is 1. The number of aryl methyl sites for hydroxylation is 1. The number of benzene rings is 1. The summed E-state index contributed by atoms with van der Waals surface area (Å²) in [4.78, 5) is 14.4. The van der Waals surface area contributed by atoms with E-state index in [-0.39, 0.29) is 40.5 Å². The molecule has 1 saturated carbocycles. The van der Waals surface area contributed by atoms with Crippen LogP contribution in [0.25, 0.3) is 10.9 Å². The number of halogens is 4. The van der Waals surface area contributed by atoms with Gasteiger partial charge < -0.3 is 16.5 Å². The Bertz CT molecular complexity index is 807. The number of nitrogens with one attached hydrogen (secondary N) is 1. The van der Waals surface area contributed by atoms with E-state index in [1.165, 1.54) is 0 Å². The second kappa shape index (κ2) is 6.86. The van der Waals surface area contributed by atoms with Crippen molar-refractivity contribution in [3.05, 3.63) is 33.5 Å². The largest absolute Gasteiger partial charge is 0.365 e. The van der Waals surface area contributed by atoms with Gasteiger partial charge >= 0.3 is 0 Å². The minimum absolute atomic E-state index is 0. The smallest absolute Gasteiger partial charge is 0.253 e. The number of aromatic amines is 1. The van der Waals surface area contributed by atoms with Gasteiger partial charge in [-0.1, -0.05) is 18.0 Å². The van der Waals surface area contributed by atoms with Gasteiger partial charge in [-0.3, -0.25) is 4.79 Å². The summed E-state index contributed by atoms with van der Waals surface area (Å²) in [5, 5.41) is 0.631. The van der Waals surface area contributed by atoms with E-state index in [1.807, 2.05) is 0 Å². The van der Waals surface area contributed by atoms with Gasteiger partial charge in [0.05, 0.1) is 10.5 Å². The first-order valence-electron chi connectivity index (χ1n) is 7.56. The Morgan fingerprint density at radius 3 is 2.54 bits per heavy atom. The number of primary amides is 1. The van der Waals surface area contributed by atoms with Gasteiger partial charge in [0, 0.05) is 22.7 Å². The normalized spacial score (nSPS) is 20.9. The van der Waals surface area contributed by atoms with Crippen LogP contribution in [0.15, 0.2) is 0 Å². The van der Waals surface area contributed by atoms with Crippen molar-refractivity contribution in [1.82, 2.24) is 4.98 Å². The fourth-order valence-corrected chi connectivity index (χ4v) is 3.84. The Hall–Kier alpha value is -1.37. The standard InChI is InChI=1S/C16H18ClF2N3O.ClH/c1-6-12(17)10-9(7-3-2-4-8(20)5-7)13(18)14(19)11(16(21)23)15(10)22-6;/h7-8,22H,2-5,20H2,1H3,(H2,21,23);1H. The number of aromatic nitrogens is 1. The zero-order valence-electron chi connectivity index (χ0n) is 13.1. The van der Waals surface area contributed by atoms with E-state index in [1.54, 1.807) is 6.92 Å². The first-order valence-corrected chi connectivity index (χ1v) is 7.94. The first kappa shape index (κ1) is 19.0. The third kappa shape index (κ3) is 2.87. The summed E-state index contributed by atoms with van der Waals surface area (Å²) in [7, 11) is 0. The summed E-state index contributed by atoms with van der Waals surface area (Å²) in [6, 6.07) is -0.0547. The van der Waals surface area contributed by atoms with Gasteiger partial charge in [-0.05, 0) is 32.1 Å². The third-order valence-electron chi connectivity index (χ3n) is 4.65. The molecule has 1 aromatic carbocycles. The van der Waals surface area contributed by atoms with Gasteiger partial charge in [0.1, 0.15) is 5.56 Å². The fourth-order valence-electron chi connectivity index (χ4n) is 3.59. The average molecular weight is 378 g/mol. The number of carbonyl (C=O) groups is 1. The Morgan fingerprint density at radius 1 is 1.29 bits per heavy atom. The van der Waals surface area contributed by atoms with Crippen LogP contribution in [0, 0.1) is 18.6 Å². The van der Waals surface area contributed by atoms with Gasteiger partial charge in [0.25, 0.3) is 5.91 Å². The van der Waals surface area contributed by atoms with Crippen LogP contribution in [0.2, 0.25) is 5.02 Å². The summed E-state index contributed by atoms with van der Waals surface area (Å²) in [5.74, 6) is -3.54. The van der Waals surface area contributed by atoms with Gasteiger partial charge in [0.15, 0.2) is 11.6 Å². The van der Waals surface area contributed by atoms with Gasteiger partial charge in [-0.2, -0.15) is 0 Å². The van der Waals surface area contributed by atoms with Crippen molar-refractivity contribution in [2.45, 2.75) is 44.6 Å². The summed E-state index contributed by atoms with van der Waals surface area (Å²) in [5.41, 5.74) is 11.6. The molecule has 1 aliphatic carbocycles.